The van der Waals surface area contributed by atoms with Crippen molar-refractivity contribution in [3.63, 3.8) is 0 Å². The van der Waals surface area contributed by atoms with Crippen molar-refractivity contribution in [3.8, 4) is 0 Å². The number of rotatable bonds is 4. The number of amides is 1. The number of cyclic esters (lactones) is 1. The summed E-state index contributed by atoms with van der Waals surface area (Å²) in [7, 11) is -0.978. The molecule has 2 fully saturated rings. The number of carbonyl (C=O) groups is 1. The number of nitrogens with one attached hydrogen (secondary N) is 1. The Balaban J connectivity index is 2.00. The third-order valence-electron chi connectivity index (χ3n) is 5.36. The molecule has 1 aromatic carbocycles. The molecule has 5 nitrogen and oxygen atoms in total. The molecule has 0 radical (unpaired) electrons. The van der Waals surface area contributed by atoms with Crippen LogP contribution in [0, 0.1) is 11.8 Å². The summed E-state index contributed by atoms with van der Waals surface area (Å²) in [6.07, 6.45) is 2.30. The molecule has 1 saturated heterocycles. The second-order valence-electron chi connectivity index (χ2n) is 7.17. The number of hydrogen-bond donors (Lipinski definition) is 1. The van der Waals surface area contributed by atoms with Crippen LogP contribution in [0.3, 0.4) is 0 Å². The van der Waals surface area contributed by atoms with E-state index in [2.05, 4.69) is 23.5 Å². The Morgan fingerprint density at radius 1 is 1.38 bits per heavy atom. The van der Waals surface area contributed by atoms with Gasteiger partial charge in [0.1, 0.15) is 6.10 Å². The minimum absolute atomic E-state index is 0.127. The van der Waals surface area contributed by atoms with Crippen LogP contribution in [0.2, 0.25) is 0 Å². The van der Waals surface area contributed by atoms with Crippen LogP contribution >= 0.6 is 0 Å². The van der Waals surface area contributed by atoms with Gasteiger partial charge < -0.3 is 10.1 Å². The molecule has 1 amide bonds. The molecule has 1 aliphatic heterocycles. The predicted octanol–water partition coefficient (Wildman–Crippen LogP) is 3.45. The highest BCUT2D eigenvalue weighted by molar-refractivity contribution is 7.93. The fraction of sp³-hybridized carbons (Fsp3) is 0.611. The van der Waals surface area contributed by atoms with E-state index in [1.807, 2.05) is 30.3 Å². The summed E-state index contributed by atoms with van der Waals surface area (Å²) in [6, 6.07) is 9.38. The maximum absolute atomic E-state index is 13.6. The van der Waals surface area contributed by atoms with Gasteiger partial charge in [-0.2, -0.15) is 0 Å². The Morgan fingerprint density at radius 3 is 2.71 bits per heavy atom. The lowest BCUT2D eigenvalue weighted by atomic mass is 9.79. The highest BCUT2D eigenvalue weighted by atomic mass is 32.2. The first-order valence-electron chi connectivity index (χ1n) is 8.57. The van der Waals surface area contributed by atoms with Gasteiger partial charge in [0.05, 0.1) is 21.0 Å². The molecular weight excluding hydrogens is 324 g/mol. The van der Waals surface area contributed by atoms with Crippen LogP contribution in [0.15, 0.2) is 39.6 Å². The molecule has 1 unspecified atom stereocenters. The Hall–Kier alpha value is -1.56. The third-order valence-corrected chi connectivity index (χ3v) is 7.86. The van der Waals surface area contributed by atoms with Crippen molar-refractivity contribution in [3.05, 3.63) is 30.3 Å². The van der Waals surface area contributed by atoms with Gasteiger partial charge in [0.2, 0.25) is 0 Å². The molecule has 2 aliphatic rings. The Kier molecular flexibility index (Phi) is 4.60. The molecule has 1 aromatic rings. The van der Waals surface area contributed by atoms with E-state index in [9.17, 15) is 9.00 Å². The van der Waals surface area contributed by atoms with Crippen LogP contribution in [0.25, 0.3) is 0 Å². The van der Waals surface area contributed by atoms with Gasteiger partial charge >= 0.3 is 6.09 Å². The summed E-state index contributed by atoms with van der Waals surface area (Å²) in [5, 5.41) is 3.04. The normalized spacial score (nSPS) is 31.8. The Bertz CT molecular complexity index is 725. The van der Waals surface area contributed by atoms with E-state index < -0.39 is 21.4 Å². The van der Waals surface area contributed by atoms with Crippen LogP contribution in [0.5, 0.6) is 0 Å². The molecule has 3 rings (SSSR count). The molecule has 1 saturated carbocycles. The summed E-state index contributed by atoms with van der Waals surface area (Å²) in [5.41, 5.74) is -0.489. The van der Waals surface area contributed by atoms with Gasteiger partial charge in [-0.25, -0.2) is 13.4 Å². The van der Waals surface area contributed by atoms with Gasteiger partial charge in [-0.15, -0.1) is 0 Å². The van der Waals surface area contributed by atoms with Crippen molar-refractivity contribution in [2.24, 2.45) is 16.2 Å². The van der Waals surface area contributed by atoms with E-state index >= 15 is 0 Å². The van der Waals surface area contributed by atoms with Gasteiger partial charge in [-0.1, -0.05) is 38.5 Å². The van der Waals surface area contributed by atoms with Crippen molar-refractivity contribution in [1.82, 2.24) is 5.32 Å². The topological polar surface area (TPSA) is 67.8 Å². The highest BCUT2D eigenvalue weighted by Crippen LogP contribution is 2.45. The number of hydrogen-bond acceptors (Lipinski definition) is 4. The number of fused-ring (bicyclic) bond motifs is 1. The molecule has 132 valence electrons. The number of alkyl carbamates (subject to hydrolysis) is 1. The predicted molar refractivity (Wildman–Crippen MR) is 94.4 cm³/mol. The van der Waals surface area contributed by atoms with E-state index in [-0.39, 0.29) is 17.9 Å². The molecule has 0 spiro atoms. The lowest BCUT2D eigenvalue weighted by molar-refractivity contribution is -0.0242. The van der Waals surface area contributed by atoms with Gasteiger partial charge in [-0.3, -0.25) is 0 Å². The van der Waals surface area contributed by atoms with Crippen molar-refractivity contribution in [1.29, 1.82) is 0 Å². The average Bonchev–Trinajstić information content (AvgIpc) is 2.97. The largest absolute Gasteiger partial charge is 0.446 e. The molecule has 0 bridgehead atoms. The van der Waals surface area contributed by atoms with Gasteiger partial charge in [-0.05, 0) is 30.9 Å². The fourth-order valence-electron chi connectivity index (χ4n) is 4.22. The van der Waals surface area contributed by atoms with E-state index in [0.717, 1.165) is 24.2 Å². The van der Waals surface area contributed by atoms with Gasteiger partial charge in [0.15, 0.2) is 0 Å². The first-order chi connectivity index (χ1) is 11.4. The third kappa shape index (κ3) is 2.92. The summed E-state index contributed by atoms with van der Waals surface area (Å²) < 4.78 is 23.4. The summed E-state index contributed by atoms with van der Waals surface area (Å²) in [4.78, 5) is 12.9. The quantitative estimate of drug-likeness (QED) is 0.904. The Morgan fingerprint density at radius 2 is 2.08 bits per heavy atom. The molecule has 0 aromatic heterocycles. The molecule has 1 N–H and O–H groups in total. The minimum atomic E-state index is -2.59. The molecule has 4 atom stereocenters. The van der Waals surface area contributed by atoms with Gasteiger partial charge in [0.25, 0.3) is 0 Å². The number of carbonyl (C=O) groups excluding carboxylic acids is 1. The number of ether oxygens (including phenoxy) is 1. The monoisotopic (exact) mass is 350 g/mol. The summed E-state index contributed by atoms with van der Waals surface area (Å²) in [6.45, 7) is 4.15. The van der Waals surface area contributed by atoms with Gasteiger partial charge in [0, 0.05) is 17.9 Å². The zero-order chi connectivity index (χ0) is 17.4. The zero-order valence-electron chi connectivity index (χ0n) is 14.5. The maximum atomic E-state index is 13.6. The Labute approximate surface area is 144 Å². The first-order valence-corrected chi connectivity index (χ1v) is 10.3. The number of benzene rings is 1. The van der Waals surface area contributed by atoms with Crippen LogP contribution in [-0.2, 0) is 14.5 Å². The van der Waals surface area contributed by atoms with Crippen molar-refractivity contribution >= 4 is 15.8 Å². The molecule has 1 heterocycles. The summed E-state index contributed by atoms with van der Waals surface area (Å²) in [5.74, 6) is 0.773. The standard InChI is InChI=1S/C18H26N2O3S/c1-13(2)16-15-10-7-11-18(15,20-17(21)23-16)12-24(22,19-3)14-8-5-4-6-9-14/h4-6,8-9,13,15-16H,7,10-12H2,1-3H3,(H,20,21)/t15-,16-,18+,24?/m0/s1. The molecule has 6 heteroatoms. The smallest absolute Gasteiger partial charge is 0.407 e. The lowest BCUT2D eigenvalue weighted by Crippen LogP contribution is -2.64. The second-order valence-corrected chi connectivity index (χ2v) is 9.58. The summed E-state index contributed by atoms with van der Waals surface area (Å²) >= 11 is 0. The SMILES string of the molecule is CN=S(=O)(C[C@]12CCC[C@H]1[C@H](C(C)C)OC(=O)N2)c1ccccc1. The molecule has 24 heavy (non-hydrogen) atoms. The van der Waals surface area contributed by atoms with Crippen LogP contribution < -0.4 is 5.32 Å². The van der Waals surface area contributed by atoms with Crippen molar-refractivity contribution in [2.75, 3.05) is 12.8 Å². The van der Waals surface area contributed by atoms with E-state index in [4.69, 9.17) is 4.74 Å². The minimum Gasteiger partial charge on any atom is -0.446 e. The van der Waals surface area contributed by atoms with Crippen LogP contribution in [-0.4, -0.2) is 34.7 Å². The van der Waals surface area contributed by atoms with Crippen LogP contribution in [0.1, 0.15) is 33.1 Å². The fourth-order valence-corrected chi connectivity index (χ4v) is 6.44. The first kappa shape index (κ1) is 17.3. The zero-order valence-corrected chi connectivity index (χ0v) is 15.3. The van der Waals surface area contributed by atoms with E-state index in [1.165, 1.54) is 0 Å². The maximum Gasteiger partial charge on any atom is 0.407 e. The van der Waals surface area contributed by atoms with Crippen molar-refractivity contribution < 1.29 is 13.7 Å². The number of nitrogens with zero attached hydrogens (tertiary/aromatic N) is 1. The van der Waals surface area contributed by atoms with Crippen LogP contribution in [0.4, 0.5) is 4.79 Å². The lowest BCUT2D eigenvalue weighted by Gasteiger charge is -2.45. The molecular formula is C18H26N2O3S. The highest BCUT2D eigenvalue weighted by Gasteiger charge is 2.54. The molecule has 1 aliphatic carbocycles. The van der Waals surface area contributed by atoms with E-state index in [0.29, 0.717) is 5.75 Å². The second kappa shape index (κ2) is 6.39. The van der Waals surface area contributed by atoms with Crippen molar-refractivity contribution in [2.45, 2.75) is 49.6 Å². The average molecular weight is 350 g/mol. The van der Waals surface area contributed by atoms with E-state index in [1.54, 1.807) is 7.05 Å².